The van der Waals surface area contributed by atoms with Crippen molar-refractivity contribution in [2.24, 2.45) is 0 Å². The minimum absolute atomic E-state index is 0.635. The molecular weight excluding hydrogens is 272 g/mol. The van der Waals surface area contributed by atoms with E-state index < -0.39 is 0 Å². The Morgan fingerprint density at radius 1 is 1.15 bits per heavy atom. The highest BCUT2D eigenvalue weighted by Gasteiger charge is 2.09. The molecule has 20 heavy (non-hydrogen) atoms. The molecule has 0 saturated heterocycles. The second kappa shape index (κ2) is 5.70. The molecule has 3 rings (SSSR count). The summed E-state index contributed by atoms with van der Waals surface area (Å²) in [7, 11) is 0. The second-order valence-corrected chi connectivity index (χ2v) is 5.06. The topological polar surface area (TPSA) is 82.5 Å². The lowest BCUT2D eigenvalue weighted by Gasteiger charge is -2.05. The second-order valence-electron chi connectivity index (χ2n) is 4.04. The molecule has 7 heteroatoms. The van der Waals surface area contributed by atoms with Gasteiger partial charge in [0.25, 0.3) is 0 Å². The average molecular weight is 284 g/mol. The van der Waals surface area contributed by atoms with Crippen molar-refractivity contribution in [3.63, 3.8) is 0 Å². The van der Waals surface area contributed by atoms with Gasteiger partial charge in [-0.25, -0.2) is 0 Å². The number of thioether (sulfide) groups is 1. The molecule has 0 radical (unpaired) electrons. The number of hydrogen-bond acceptors (Lipinski definition) is 6. The summed E-state index contributed by atoms with van der Waals surface area (Å²) >= 11 is 1.59. The highest BCUT2D eigenvalue weighted by Crippen LogP contribution is 2.26. The third-order valence-electron chi connectivity index (χ3n) is 2.70. The quantitative estimate of drug-likeness (QED) is 0.737. The number of anilines is 1. The summed E-state index contributed by atoms with van der Waals surface area (Å²) in [6.07, 6.45) is 3.36. The fourth-order valence-electron chi connectivity index (χ4n) is 1.73. The van der Waals surface area contributed by atoms with Gasteiger partial charge in [0.2, 0.25) is 0 Å². The SMILES string of the molecule is Nc1cnccc1SCc1nnnn1-c1ccccc1. The predicted octanol–water partition coefficient (Wildman–Crippen LogP) is 1.93. The molecule has 0 aliphatic heterocycles. The van der Waals surface area contributed by atoms with Crippen LogP contribution in [0.4, 0.5) is 5.69 Å². The molecule has 0 amide bonds. The molecule has 2 N–H and O–H groups in total. The Kier molecular flexibility index (Phi) is 3.60. The van der Waals surface area contributed by atoms with Crippen LogP contribution in [-0.2, 0) is 5.75 Å². The van der Waals surface area contributed by atoms with E-state index in [-0.39, 0.29) is 0 Å². The van der Waals surface area contributed by atoms with Gasteiger partial charge in [0.05, 0.1) is 23.3 Å². The third-order valence-corrected chi connectivity index (χ3v) is 3.79. The number of para-hydroxylation sites is 1. The summed E-state index contributed by atoms with van der Waals surface area (Å²) in [5.74, 6) is 1.41. The van der Waals surface area contributed by atoms with E-state index in [0.29, 0.717) is 11.4 Å². The van der Waals surface area contributed by atoms with Crippen molar-refractivity contribution in [1.29, 1.82) is 0 Å². The van der Waals surface area contributed by atoms with Gasteiger partial charge in [-0.15, -0.1) is 16.9 Å². The molecule has 2 heterocycles. The standard InChI is InChI=1S/C13H12N6S/c14-11-8-15-7-6-12(11)20-9-13-16-17-18-19(13)10-4-2-1-3-5-10/h1-8H,9,14H2. The first kappa shape index (κ1) is 12.6. The Hall–Kier alpha value is -2.41. The first-order valence-corrected chi connectivity index (χ1v) is 6.98. The molecule has 100 valence electrons. The summed E-state index contributed by atoms with van der Waals surface area (Å²) in [5.41, 5.74) is 7.47. The van der Waals surface area contributed by atoms with Crippen LogP contribution in [0, 0.1) is 0 Å². The van der Waals surface area contributed by atoms with E-state index in [9.17, 15) is 0 Å². The maximum absolute atomic E-state index is 5.87. The molecule has 0 aliphatic rings. The molecule has 0 aliphatic carbocycles. The zero-order chi connectivity index (χ0) is 13.8. The van der Waals surface area contributed by atoms with Crippen LogP contribution in [0.15, 0.2) is 53.7 Å². The van der Waals surface area contributed by atoms with E-state index in [1.54, 1.807) is 28.8 Å². The van der Waals surface area contributed by atoms with Crippen LogP contribution in [0.1, 0.15) is 5.82 Å². The molecule has 2 aromatic heterocycles. The van der Waals surface area contributed by atoms with E-state index in [1.165, 1.54) is 0 Å². The molecule has 0 atom stereocenters. The van der Waals surface area contributed by atoms with E-state index in [0.717, 1.165) is 16.4 Å². The van der Waals surface area contributed by atoms with Crippen molar-refractivity contribution in [1.82, 2.24) is 25.2 Å². The normalized spacial score (nSPS) is 10.6. The lowest BCUT2D eigenvalue weighted by Crippen LogP contribution is -2.02. The van der Waals surface area contributed by atoms with Crippen LogP contribution in [0.2, 0.25) is 0 Å². The molecule has 0 unspecified atom stereocenters. The third kappa shape index (κ3) is 2.62. The molecule has 1 aromatic carbocycles. The molecule has 0 bridgehead atoms. The minimum Gasteiger partial charge on any atom is -0.397 e. The Labute approximate surface area is 120 Å². The maximum atomic E-state index is 5.87. The van der Waals surface area contributed by atoms with Gasteiger partial charge in [0.15, 0.2) is 5.82 Å². The molecule has 3 aromatic rings. The number of hydrogen-bond donors (Lipinski definition) is 1. The maximum Gasteiger partial charge on any atom is 0.166 e. The first-order valence-electron chi connectivity index (χ1n) is 5.99. The summed E-state index contributed by atoms with van der Waals surface area (Å²) in [5, 5.41) is 11.8. The number of nitrogens with two attached hydrogens (primary N) is 1. The lowest BCUT2D eigenvalue weighted by atomic mass is 10.3. The Bertz CT molecular complexity index is 697. The Morgan fingerprint density at radius 2 is 2.00 bits per heavy atom. The Balaban J connectivity index is 1.80. The van der Waals surface area contributed by atoms with Crippen molar-refractivity contribution in [2.75, 3.05) is 5.73 Å². The number of benzene rings is 1. The van der Waals surface area contributed by atoms with Gasteiger partial charge < -0.3 is 5.73 Å². The molecule has 0 fully saturated rings. The van der Waals surface area contributed by atoms with Gasteiger partial charge in [-0.1, -0.05) is 18.2 Å². The number of rotatable bonds is 4. The van der Waals surface area contributed by atoms with Crippen molar-refractivity contribution < 1.29 is 0 Å². The fourth-order valence-corrected chi connectivity index (χ4v) is 2.57. The van der Waals surface area contributed by atoms with Crippen LogP contribution in [0.3, 0.4) is 0 Å². The summed E-state index contributed by atoms with van der Waals surface area (Å²) < 4.78 is 1.73. The van der Waals surface area contributed by atoms with Crippen LogP contribution in [0.25, 0.3) is 5.69 Å². The van der Waals surface area contributed by atoms with Crippen LogP contribution >= 0.6 is 11.8 Å². The summed E-state index contributed by atoms with van der Waals surface area (Å²) in [4.78, 5) is 4.95. The van der Waals surface area contributed by atoms with Gasteiger partial charge >= 0.3 is 0 Å². The number of nitrogen functional groups attached to an aromatic ring is 1. The van der Waals surface area contributed by atoms with E-state index in [1.807, 2.05) is 36.4 Å². The van der Waals surface area contributed by atoms with E-state index in [4.69, 9.17) is 5.73 Å². The number of tetrazole rings is 1. The molecule has 6 nitrogen and oxygen atoms in total. The molecular formula is C13H12N6S. The zero-order valence-corrected chi connectivity index (χ0v) is 11.4. The van der Waals surface area contributed by atoms with Gasteiger partial charge in [-0.2, -0.15) is 4.68 Å². The van der Waals surface area contributed by atoms with Gasteiger partial charge in [-0.3, -0.25) is 4.98 Å². The zero-order valence-electron chi connectivity index (χ0n) is 10.5. The number of aromatic nitrogens is 5. The minimum atomic E-state index is 0.635. The van der Waals surface area contributed by atoms with Crippen LogP contribution in [-0.4, -0.2) is 25.2 Å². The Morgan fingerprint density at radius 3 is 2.80 bits per heavy atom. The van der Waals surface area contributed by atoms with Gasteiger partial charge in [0, 0.05) is 11.1 Å². The lowest BCUT2D eigenvalue weighted by molar-refractivity contribution is 0.777. The predicted molar refractivity (Wildman–Crippen MR) is 77.4 cm³/mol. The van der Waals surface area contributed by atoms with E-state index >= 15 is 0 Å². The van der Waals surface area contributed by atoms with Gasteiger partial charge in [0.1, 0.15) is 0 Å². The number of pyridine rings is 1. The van der Waals surface area contributed by atoms with Gasteiger partial charge in [-0.05, 0) is 28.6 Å². The van der Waals surface area contributed by atoms with Crippen molar-refractivity contribution in [3.8, 4) is 5.69 Å². The monoisotopic (exact) mass is 284 g/mol. The van der Waals surface area contributed by atoms with E-state index in [2.05, 4.69) is 20.5 Å². The van der Waals surface area contributed by atoms with Crippen molar-refractivity contribution >= 4 is 17.4 Å². The highest BCUT2D eigenvalue weighted by molar-refractivity contribution is 7.98. The number of nitrogens with zero attached hydrogens (tertiary/aromatic N) is 5. The largest absolute Gasteiger partial charge is 0.397 e. The smallest absolute Gasteiger partial charge is 0.166 e. The first-order chi connectivity index (χ1) is 9.84. The van der Waals surface area contributed by atoms with Crippen molar-refractivity contribution in [2.45, 2.75) is 10.6 Å². The average Bonchev–Trinajstić information content (AvgIpc) is 2.96. The van der Waals surface area contributed by atoms with Crippen molar-refractivity contribution in [3.05, 3.63) is 54.6 Å². The van der Waals surface area contributed by atoms with Crippen LogP contribution in [0.5, 0.6) is 0 Å². The fraction of sp³-hybridized carbons (Fsp3) is 0.0769. The highest BCUT2D eigenvalue weighted by atomic mass is 32.2. The summed E-state index contributed by atoms with van der Waals surface area (Å²) in [6.45, 7) is 0. The summed E-state index contributed by atoms with van der Waals surface area (Å²) in [6, 6.07) is 11.7. The van der Waals surface area contributed by atoms with Crippen LogP contribution < -0.4 is 5.73 Å². The molecule has 0 saturated carbocycles. The molecule has 0 spiro atoms.